The average molecular weight is 471 g/mol. The van der Waals surface area contributed by atoms with E-state index in [1.54, 1.807) is 41.9 Å². The van der Waals surface area contributed by atoms with Gasteiger partial charge < -0.3 is 10.2 Å². The molecule has 1 N–H and O–H groups in total. The molecule has 3 rings (SSSR count). The number of likely N-dealkylation sites (N-methyl/N-ethyl adjacent to an activating group) is 1. The van der Waals surface area contributed by atoms with E-state index in [9.17, 15) is 9.59 Å². The van der Waals surface area contributed by atoms with E-state index in [0.717, 1.165) is 16.8 Å². The van der Waals surface area contributed by atoms with Gasteiger partial charge in [0.25, 0.3) is 5.91 Å². The van der Waals surface area contributed by atoms with Crippen molar-refractivity contribution in [3.63, 3.8) is 0 Å². The molecule has 0 aliphatic heterocycles. The summed E-state index contributed by atoms with van der Waals surface area (Å²) < 4.78 is 1.70. The predicted molar refractivity (Wildman–Crippen MR) is 128 cm³/mol. The molecule has 0 saturated heterocycles. The van der Waals surface area contributed by atoms with Gasteiger partial charge in [0.2, 0.25) is 5.91 Å². The molecule has 3 aromatic rings. The molecular weight excluding hydrogens is 447 g/mol. The topological polar surface area (TPSA) is 67.2 Å². The van der Waals surface area contributed by atoms with Crippen LogP contribution in [0.3, 0.4) is 0 Å². The number of amides is 2. The standard InChI is InChI=1S/C24H24Cl2N4O2/c1-16-21(23(26)30(28-16)15-18-6-10-20(25)11-7-18)12-13-22(31)29(3)14-17-4-8-19(9-5-17)24(32)27-2/h4-13H,14-15H2,1-3H3,(H,27,32)/b13-12+. The highest BCUT2D eigenvalue weighted by atomic mass is 35.5. The molecule has 1 aromatic heterocycles. The zero-order chi connectivity index (χ0) is 23.3. The lowest BCUT2D eigenvalue weighted by molar-refractivity contribution is -0.125. The van der Waals surface area contributed by atoms with Gasteiger partial charge in [-0.3, -0.25) is 9.59 Å². The lowest BCUT2D eigenvalue weighted by Gasteiger charge is -2.15. The lowest BCUT2D eigenvalue weighted by atomic mass is 10.1. The Morgan fingerprint density at radius 1 is 1.06 bits per heavy atom. The first-order valence-electron chi connectivity index (χ1n) is 10.00. The van der Waals surface area contributed by atoms with Crippen LogP contribution >= 0.6 is 23.2 Å². The molecule has 0 atom stereocenters. The first-order valence-corrected chi connectivity index (χ1v) is 10.8. The van der Waals surface area contributed by atoms with Gasteiger partial charge in [-0.2, -0.15) is 5.10 Å². The molecule has 2 aromatic carbocycles. The Balaban J connectivity index is 1.66. The maximum atomic E-state index is 12.6. The highest BCUT2D eigenvalue weighted by Gasteiger charge is 2.13. The normalized spacial score (nSPS) is 11.0. The number of halogens is 2. The van der Waals surface area contributed by atoms with E-state index in [1.807, 2.05) is 43.3 Å². The third kappa shape index (κ3) is 5.78. The fraction of sp³-hybridized carbons (Fsp3) is 0.208. The van der Waals surface area contributed by atoms with E-state index >= 15 is 0 Å². The van der Waals surface area contributed by atoms with Gasteiger partial charge in [0, 0.05) is 42.9 Å². The molecule has 8 heteroatoms. The van der Waals surface area contributed by atoms with Gasteiger partial charge in [-0.1, -0.05) is 47.5 Å². The minimum atomic E-state index is -0.165. The summed E-state index contributed by atoms with van der Waals surface area (Å²) in [5.41, 5.74) is 3.96. The van der Waals surface area contributed by atoms with E-state index in [0.29, 0.717) is 34.4 Å². The Morgan fingerprint density at radius 3 is 2.31 bits per heavy atom. The van der Waals surface area contributed by atoms with E-state index < -0.39 is 0 Å². The highest BCUT2D eigenvalue weighted by molar-refractivity contribution is 6.31. The maximum absolute atomic E-state index is 12.6. The van der Waals surface area contributed by atoms with E-state index in [2.05, 4.69) is 10.4 Å². The molecule has 0 unspecified atom stereocenters. The summed E-state index contributed by atoms with van der Waals surface area (Å²) >= 11 is 12.5. The van der Waals surface area contributed by atoms with Crippen LogP contribution in [-0.4, -0.2) is 40.6 Å². The molecule has 1 heterocycles. The van der Waals surface area contributed by atoms with Crippen LogP contribution < -0.4 is 5.32 Å². The third-order valence-corrected chi connectivity index (χ3v) is 5.64. The second kappa shape index (κ2) is 10.5. The molecule has 0 saturated carbocycles. The van der Waals surface area contributed by atoms with Crippen LogP contribution in [-0.2, 0) is 17.9 Å². The van der Waals surface area contributed by atoms with Crippen molar-refractivity contribution >= 4 is 41.1 Å². The molecule has 166 valence electrons. The van der Waals surface area contributed by atoms with Crippen molar-refractivity contribution in [3.8, 4) is 0 Å². The van der Waals surface area contributed by atoms with Crippen LogP contribution in [0.1, 0.15) is 32.7 Å². The van der Waals surface area contributed by atoms with Gasteiger partial charge >= 0.3 is 0 Å². The quantitative estimate of drug-likeness (QED) is 0.513. The van der Waals surface area contributed by atoms with E-state index in [4.69, 9.17) is 23.2 Å². The molecule has 6 nitrogen and oxygen atoms in total. The minimum Gasteiger partial charge on any atom is -0.355 e. The van der Waals surface area contributed by atoms with Crippen molar-refractivity contribution in [2.45, 2.75) is 20.0 Å². The number of benzene rings is 2. The van der Waals surface area contributed by atoms with Crippen LogP contribution in [0.2, 0.25) is 10.2 Å². The number of carbonyl (C=O) groups is 2. The SMILES string of the molecule is CNC(=O)c1ccc(CN(C)C(=O)/C=C/c2c(C)nn(Cc3ccc(Cl)cc3)c2Cl)cc1. The first kappa shape index (κ1) is 23.6. The fourth-order valence-electron chi connectivity index (χ4n) is 3.16. The van der Waals surface area contributed by atoms with E-state index in [-0.39, 0.29) is 11.8 Å². The summed E-state index contributed by atoms with van der Waals surface area (Å²) in [6.07, 6.45) is 3.18. The number of rotatable bonds is 7. The third-order valence-electron chi connectivity index (χ3n) is 4.99. The van der Waals surface area contributed by atoms with Crippen molar-refractivity contribution < 1.29 is 9.59 Å². The zero-order valence-electron chi connectivity index (χ0n) is 18.1. The predicted octanol–water partition coefficient (Wildman–Crippen LogP) is 4.58. The molecular formula is C24H24Cl2N4O2. The molecule has 0 radical (unpaired) electrons. The van der Waals surface area contributed by atoms with Crippen LogP contribution in [0, 0.1) is 6.92 Å². The van der Waals surface area contributed by atoms with Gasteiger partial charge in [0.15, 0.2) is 0 Å². The number of hydrogen-bond donors (Lipinski definition) is 1. The van der Waals surface area contributed by atoms with Gasteiger partial charge in [0.05, 0.1) is 12.2 Å². The molecule has 0 aliphatic rings. The molecule has 0 bridgehead atoms. The lowest BCUT2D eigenvalue weighted by Crippen LogP contribution is -2.24. The van der Waals surface area contributed by atoms with Gasteiger partial charge in [-0.25, -0.2) is 4.68 Å². The highest BCUT2D eigenvalue weighted by Crippen LogP contribution is 2.23. The summed E-state index contributed by atoms with van der Waals surface area (Å²) in [5, 5.41) is 8.21. The number of nitrogens with zero attached hydrogens (tertiary/aromatic N) is 3. The van der Waals surface area contributed by atoms with Crippen molar-refractivity contribution in [3.05, 3.63) is 92.7 Å². The Morgan fingerprint density at radius 2 is 1.69 bits per heavy atom. The van der Waals surface area contributed by atoms with Crippen molar-refractivity contribution in [2.75, 3.05) is 14.1 Å². The Bertz CT molecular complexity index is 1140. The molecule has 0 fully saturated rings. The minimum absolute atomic E-state index is 0.146. The number of nitrogens with one attached hydrogen (secondary N) is 1. The Hall–Kier alpha value is -3.09. The monoisotopic (exact) mass is 470 g/mol. The Labute approximate surface area is 197 Å². The molecule has 2 amide bonds. The van der Waals surface area contributed by atoms with Gasteiger partial charge in [-0.05, 0) is 48.4 Å². The number of carbonyl (C=O) groups excluding carboxylic acids is 2. The molecule has 0 spiro atoms. The number of aryl methyl sites for hydroxylation is 1. The van der Waals surface area contributed by atoms with Gasteiger partial charge in [-0.15, -0.1) is 0 Å². The summed E-state index contributed by atoms with van der Waals surface area (Å²) in [5.74, 6) is -0.311. The smallest absolute Gasteiger partial charge is 0.251 e. The zero-order valence-corrected chi connectivity index (χ0v) is 19.6. The fourth-order valence-corrected chi connectivity index (χ4v) is 3.59. The number of aromatic nitrogens is 2. The average Bonchev–Trinajstić information content (AvgIpc) is 3.05. The first-order chi connectivity index (χ1) is 15.3. The van der Waals surface area contributed by atoms with Crippen molar-refractivity contribution in [1.29, 1.82) is 0 Å². The summed E-state index contributed by atoms with van der Waals surface area (Å²) in [6, 6.07) is 14.6. The van der Waals surface area contributed by atoms with Crippen LogP contribution in [0.25, 0.3) is 6.08 Å². The summed E-state index contributed by atoms with van der Waals surface area (Å²) in [7, 11) is 3.31. The Kier molecular flexibility index (Phi) is 7.72. The second-order valence-corrected chi connectivity index (χ2v) is 8.17. The number of hydrogen-bond acceptors (Lipinski definition) is 3. The van der Waals surface area contributed by atoms with Crippen LogP contribution in [0.4, 0.5) is 0 Å². The van der Waals surface area contributed by atoms with Crippen molar-refractivity contribution in [1.82, 2.24) is 20.0 Å². The maximum Gasteiger partial charge on any atom is 0.251 e. The summed E-state index contributed by atoms with van der Waals surface area (Å²) in [6.45, 7) is 2.77. The van der Waals surface area contributed by atoms with Crippen LogP contribution in [0.5, 0.6) is 0 Å². The van der Waals surface area contributed by atoms with Gasteiger partial charge in [0.1, 0.15) is 5.15 Å². The largest absolute Gasteiger partial charge is 0.355 e. The molecule has 0 aliphatic carbocycles. The second-order valence-electron chi connectivity index (χ2n) is 7.38. The van der Waals surface area contributed by atoms with Crippen molar-refractivity contribution in [2.24, 2.45) is 0 Å². The van der Waals surface area contributed by atoms with E-state index in [1.165, 1.54) is 6.08 Å². The summed E-state index contributed by atoms with van der Waals surface area (Å²) in [4.78, 5) is 25.8. The molecule has 32 heavy (non-hydrogen) atoms. The van der Waals surface area contributed by atoms with Crippen LogP contribution in [0.15, 0.2) is 54.6 Å².